The van der Waals surface area contributed by atoms with Crippen LogP contribution in [0, 0.1) is 0 Å². The molecule has 0 bridgehead atoms. The molecular weight excluding hydrogens is 347 g/mol. The third-order valence-electron chi connectivity index (χ3n) is 4.21. The van der Waals surface area contributed by atoms with E-state index in [0.717, 1.165) is 24.2 Å². The van der Waals surface area contributed by atoms with Crippen molar-refractivity contribution in [2.45, 2.75) is 43.6 Å². The Kier molecular flexibility index (Phi) is 4.02. The molecule has 2 fully saturated rings. The van der Waals surface area contributed by atoms with Crippen molar-refractivity contribution in [1.29, 1.82) is 0 Å². The van der Waals surface area contributed by atoms with Crippen molar-refractivity contribution < 1.29 is 27.6 Å². The first kappa shape index (κ1) is 16.7. The summed E-state index contributed by atoms with van der Waals surface area (Å²) in [5.41, 5.74) is -3.42. The van der Waals surface area contributed by atoms with E-state index in [4.69, 9.17) is 0 Å². The number of thiophene rings is 1. The molecule has 0 aromatic carbocycles. The summed E-state index contributed by atoms with van der Waals surface area (Å²) in [4.78, 5) is 37.2. The van der Waals surface area contributed by atoms with Crippen molar-refractivity contribution in [3.63, 3.8) is 0 Å². The first-order valence-corrected chi connectivity index (χ1v) is 8.23. The van der Waals surface area contributed by atoms with Crippen LogP contribution in [0.1, 0.15) is 35.4 Å². The highest BCUT2D eigenvalue weighted by Crippen LogP contribution is 2.37. The van der Waals surface area contributed by atoms with Gasteiger partial charge < -0.3 is 5.32 Å². The van der Waals surface area contributed by atoms with Crippen LogP contribution in [0.25, 0.3) is 0 Å². The first-order valence-electron chi connectivity index (χ1n) is 7.35. The highest BCUT2D eigenvalue weighted by atomic mass is 32.1. The van der Waals surface area contributed by atoms with Gasteiger partial charge in [0.05, 0.1) is 4.88 Å². The molecule has 130 valence electrons. The number of halogens is 3. The molecule has 1 aliphatic carbocycles. The topological polar surface area (TPSA) is 78.5 Å². The normalized spacial score (nSPS) is 25.2. The van der Waals surface area contributed by atoms with Crippen molar-refractivity contribution in [2.24, 2.45) is 0 Å². The Morgan fingerprint density at radius 1 is 1.33 bits per heavy atom. The van der Waals surface area contributed by atoms with Crippen molar-refractivity contribution in [3.8, 4) is 0 Å². The van der Waals surface area contributed by atoms with Crippen LogP contribution in [-0.4, -0.2) is 40.6 Å². The lowest BCUT2D eigenvalue weighted by atomic mass is 10.1. The van der Waals surface area contributed by atoms with Crippen LogP contribution in [0.15, 0.2) is 17.5 Å². The lowest BCUT2D eigenvalue weighted by Gasteiger charge is -2.30. The fraction of sp³-hybridized carbons (Fsp3) is 0.500. The fourth-order valence-corrected chi connectivity index (χ4v) is 3.65. The second kappa shape index (κ2) is 5.76. The highest BCUT2D eigenvalue weighted by molar-refractivity contribution is 7.12. The average Bonchev–Trinajstić information content (AvgIpc) is 3.20. The van der Waals surface area contributed by atoms with E-state index in [1.807, 2.05) is 0 Å². The molecule has 1 aromatic rings. The maximum Gasteiger partial charge on any atom is 0.440 e. The summed E-state index contributed by atoms with van der Waals surface area (Å²) in [7, 11) is 0. The molecule has 1 saturated heterocycles. The SMILES string of the molecule is O=C(NC1(C(F)(F)F)NC(=O)N(C2CCCC2)C1=O)c1cccs1. The van der Waals surface area contributed by atoms with E-state index in [1.165, 1.54) is 17.5 Å². The van der Waals surface area contributed by atoms with E-state index in [9.17, 15) is 27.6 Å². The van der Waals surface area contributed by atoms with Crippen LogP contribution in [0.2, 0.25) is 0 Å². The van der Waals surface area contributed by atoms with Gasteiger partial charge in [-0.05, 0) is 24.3 Å². The third-order valence-corrected chi connectivity index (χ3v) is 5.08. The Bertz CT molecular complexity index is 671. The number of amides is 4. The largest absolute Gasteiger partial charge is 0.440 e. The van der Waals surface area contributed by atoms with Gasteiger partial charge in [0, 0.05) is 6.04 Å². The van der Waals surface area contributed by atoms with Crippen molar-refractivity contribution in [2.75, 3.05) is 0 Å². The summed E-state index contributed by atoms with van der Waals surface area (Å²) in [6, 6.07) is 1.14. The van der Waals surface area contributed by atoms with Gasteiger partial charge in [0.2, 0.25) is 0 Å². The van der Waals surface area contributed by atoms with Crippen molar-refractivity contribution in [1.82, 2.24) is 15.5 Å². The molecule has 2 heterocycles. The van der Waals surface area contributed by atoms with Crippen LogP contribution in [0.5, 0.6) is 0 Å². The summed E-state index contributed by atoms with van der Waals surface area (Å²) in [6.07, 6.45) is -2.76. The summed E-state index contributed by atoms with van der Waals surface area (Å²) in [5, 5.41) is 4.88. The Morgan fingerprint density at radius 2 is 2.00 bits per heavy atom. The quantitative estimate of drug-likeness (QED) is 0.811. The molecule has 0 radical (unpaired) electrons. The zero-order chi connectivity index (χ0) is 17.5. The molecule has 1 aromatic heterocycles. The number of urea groups is 1. The third kappa shape index (κ3) is 2.54. The molecule has 1 aliphatic heterocycles. The molecular formula is C14H14F3N3O3S. The number of hydrogen-bond acceptors (Lipinski definition) is 4. The van der Waals surface area contributed by atoms with Crippen LogP contribution in [0.4, 0.5) is 18.0 Å². The molecule has 2 aliphatic rings. The molecule has 0 spiro atoms. The van der Waals surface area contributed by atoms with Gasteiger partial charge in [0.15, 0.2) is 0 Å². The van der Waals surface area contributed by atoms with Crippen molar-refractivity contribution >= 4 is 29.2 Å². The molecule has 24 heavy (non-hydrogen) atoms. The number of carbonyl (C=O) groups excluding carboxylic acids is 3. The van der Waals surface area contributed by atoms with E-state index in [2.05, 4.69) is 0 Å². The number of nitrogens with zero attached hydrogens (tertiary/aromatic N) is 1. The number of alkyl halides is 3. The smallest absolute Gasteiger partial charge is 0.313 e. The van der Waals surface area contributed by atoms with Crippen LogP contribution in [0.3, 0.4) is 0 Å². The minimum Gasteiger partial charge on any atom is -0.313 e. The second-order valence-electron chi connectivity index (χ2n) is 5.72. The average molecular weight is 361 g/mol. The first-order chi connectivity index (χ1) is 11.3. The Hall–Kier alpha value is -2.10. The predicted molar refractivity (Wildman–Crippen MR) is 78.2 cm³/mol. The van der Waals surface area contributed by atoms with Crippen LogP contribution >= 0.6 is 11.3 Å². The minimum absolute atomic E-state index is 0.0139. The monoisotopic (exact) mass is 361 g/mol. The second-order valence-corrected chi connectivity index (χ2v) is 6.67. The molecule has 1 atom stereocenters. The molecule has 1 unspecified atom stereocenters. The van der Waals surface area contributed by atoms with Crippen LogP contribution < -0.4 is 10.6 Å². The molecule has 6 nitrogen and oxygen atoms in total. The maximum atomic E-state index is 13.6. The molecule has 2 N–H and O–H groups in total. The van der Waals surface area contributed by atoms with Gasteiger partial charge in [-0.15, -0.1) is 11.3 Å². The zero-order valence-electron chi connectivity index (χ0n) is 12.4. The molecule has 4 amide bonds. The molecule has 1 saturated carbocycles. The Labute approximate surface area is 139 Å². The predicted octanol–water partition coefficient (Wildman–Crippen LogP) is 2.23. The van der Waals surface area contributed by atoms with E-state index >= 15 is 0 Å². The summed E-state index contributed by atoms with van der Waals surface area (Å²) >= 11 is 0.935. The van der Waals surface area contributed by atoms with Gasteiger partial charge in [-0.2, -0.15) is 13.2 Å². The van der Waals surface area contributed by atoms with Gasteiger partial charge in [-0.3, -0.25) is 19.8 Å². The number of nitrogens with one attached hydrogen (secondary N) is 2. The van der Waals surface area contributed by atoms with E-state index in [-0.39, 0.29) is 4.88 Å². The summed E-state index contributed by atoms with van der Waals surface area (Å²) < 4.78 is 40.9. The Balaban J connectivity index is 1.93. The van der Waals surface area contributed by atoms with Crippen molar-refractivity contribution in [3.05, 3.63) is 22.4 Å². The Morgan fingerprint density at radius 3 is 2.54 bits per heavy atom. The van der Waals surface area contributed by atoms with E-state index in [0.29, 0.717) is 17.7 Å². The van der Waals surface area contributed by atoms with Crippen LogP contribution in [-0.2, 0) is 4.79 Å². The minimum atomic E-state index is -5.17. The van der Waals surface area contributed by atoms with Gasteiger partial charge in [-0.1, -0.05) is 18.9 Å². The summed E-state index contributed by atoms with van der Waals surface area (Å²) in [5.74, 6) is -2.54. The van der Waals surface area contributed by atoms with Gasteiger partial charge in [0.25, 0.3) is 17.5 Å². The molecule has 3 rings (SSSR count). The van der Waals surface area contributed by atoms with Gasteiger partial charge >= 0.3 is 12.2 Å². The van der Waals surface area contributed by atoms with E-state index in [1.54, 1.807) is 10.6 Å². The maximum absolute atomic E-state index is 13.6. The number of imide groups is 1. The fourth-order valence-electron chi connectivity index (χ4n) is 3.03. The number of carbonyl (C=O) groups is 3. The number of rotatable bonds is 3. The molecule has 10 heteroatoms. The standard InChI is InChI=1S/C14H14F3N3O3S/c15-14(16,17)13(18-10(21)9-6-3-7-24-9)11(22)20(12(23)19-13)8-4-1-2-5-8/h3,6-8H,1-2,4-5H2,(H,18,21)(H,19,23). The highest BCUT2D eigenvalue weighted by Gasteiger charge is 2.69. The lowest BCUT2D eigenvalue weighted by Crippen LogP contribution is -2.69. The number of hydrogen-bond donors (Lipinski definition) is 2. The summed E-state index contributed by atoms with van der Waals surface area (Å²) in [6.45, 7) is 0. The zero-order valence-corrected chi connectivity index (χ0v) is 13.2. The van der Waals surface area contributed by atoms with E-state index < -0.39 is 35.7 Å². The lowest BCUT2D eigenvalue weighted by molar-refractivity contribution is -0.200. The van der Waals surface area contributed by atoms with Gasteiger partial charge in [0.1, 0.15) is 0 Å². The van der Waals surface area contributed by atoms with Gasteiger partial charge in [-0.25, -0.2) is 4.79 Å².